The number of rotatable bonds is 3. The number of aromatic nitrogens is 2. The first-order valence-corrected chi connectivity index (χ1v) is 9.50. The lowest BCUT2D eigenvalue weighted by Crippen LogP contribution is -2.47. The molecule has 0 bridgehead atoms. The van der Waals surface area contributed by atoms with E-state index in [1.54, 1.807) is 0 Å². The lowest BCUT2D eigenvalue weighted by Gasteiger charge is -2.47. The minimum atomic E-state index is 0.496. The molecular weight excluding hydrogens is 322 g/mol. The minimum Gasteiger partial charge on any atom is -0.341 e. The molecule has 1 aromatic heterocycles. The molecule has 2 aliphatic heterocycles. The number of nitrogens with zero attached hydrogens (tertiary/aromatic N) is 5. The first kappa shape index (κ1) is 17.0. The smallest absolute Gasteiger partial charge is 0.225 e. The third-order valence-corrected chi connectivity index (χ3v) is 6.04. The molecule has 5 nitrogen and oxygen atoms in total. The monoisotopic (exact) mass is 347 g/mol. The van der Waals surface area contributed by atoms with Gasteiger partial charge in [-0.05, 0) is 68.0 Å². The molecule has 4 rings (SSSR count). The number of hydrogen-bond acceptors (Lipinski definition) is 5. The Morgan fingerprint density at radius 1 is 0.962 bits per heavy atom. The van der Waals surface area contributed by atoms with Gasteiger partial charge >= 0.3 is 0 Å². The Morgan fingerprint density at radius 3 is 2.35 bits per heavy atom. The molecule has 0 amide bonds. The van der Waals surface area contributed by atoms with Crippen molar-refractivity contribution in [1.82, 2.24) is 14.9 Å². The van der Waals surface area contributed by atoms with E-state index >= 15 is 0 Å². The van der Waals surface area contributed by atoms with Gasteiger partial charge in [-0.3, -0.25) is 4.90 Å². The van der Waals surface area contributed by atoms with Gasteiger partial charge in [0.1, 0.15) is 0 Å². The van der Waals surface area contributed by atoms with E-state index in [1.165, 1.54) is 31.2 Å². The molecule has 2 aliphatic rings. The predicted molar refractivity (Wildman–Crippen MR) is 102 cm³/mol. The summed E-state index contributed by atoms with van der Waals surface area (Å²) in [6.07, 6.45) is 8.67. The lowest BCUT2D eigenvalue weighted by atomic mass is 9.71. The van der Waals surface area contributed by atoms with Crippen LogP contribution in [0, 0.1) is 16.7 Å². The van der Waals surface area contributed by atoms with E-state index < -0.39 is 0 Å². The van der Waals surface area contributed by atoms with Crippen molar-refractivity contribution >= 4 is 5.95 Å². The fraction of sp³-hybridized carbons (Fsp3) is 0.476. The second-order valence-electron chi connectivity index (χ2n) is 7.62. The zero-order valence-electron chi connectivity index (χ0n) is 15.1. The molecule has 2 saturated heterocycles. The molecule has 2 aromatic rings. The number of nitriles is 1. The summed E-state index contributed by atoms with van der Waals surface area (Å²) in [7, 11) is 0. The number of anilines is 1. The van der Waals surface area contributed by atoms with Crippen LogP contribution in [-0.2, 0) is 6.54 Å². The quantitative estimate of drug-likeness (QED) is 0.853. The van der Waals surface area contributed by atoms with Crippen LogP contribution in [0.3, 0.4) is 0 Å². The maximum Gasteiger partial charge on any atom is 0.225 e. The van der Waals surface area contributed by atoms with Gasteiger partial charge < -0.3 is 4.90 Å². The van der Waals surface area contributed by atoms with Crippen LogP contribution in [0.5, 0.6) is 0 Å². The number of likely N-dealkylation sites (tertiary alicyclic amines) is 1. The zero-order valence-corrected chi connectivity index (χ0v) is 15.1. The molecule has 0 N–H and O–H groups in total. The summed E-state index contributed by atoms with van der Waals surface area (Å²) in [6, 6.07) is 12.1. The molecule has 0 unspecified atom stereocenters. The average Bonchev–Trinajstić information content (AvgIpc) is 2.71. The van der Waals surface area contributed by atoms with Gasteiger partial charge in [-0.15, -0.1) is 0 Å². The highest BCUT2D eigenvalue weighted by molar-refractivity contribution is 5.33. The average molecular weight is 347 g/mol. The third-order valence-electron chi connectivity index (χ3n) is 6.04. The van der Waals surface area contributed by atoms with E-state index in [4.69, 9.17) is 5.26 Å². The van der Waals surface area contributed by atoms with Crippen molar-refractivity contribution in [2.45, 2.75) is 32.2 Å². The molecule has 26 heavy (non-hydrogen) atoms. The maximum absolute atomic E-state index is 9.06. The van der Waals surface area contributed by atoms with Crippen molar-refractivity contribution in [3.63, 3.8) is 0 Å². The van der Waals surface area contributed by atoms with Crippen LogP contribution in [0.25, 0.3) is 0 Å². The Balaban J connectivity index is 1.30. The summed E-state index contributed by atoms with van der Waals surface area (Å²) >= 11 is 0. The van der Waals surface area contributed by atoms with Crippen molar-refractivity contribution in [3.8, 4) is 6.07 Å². The Morgan fingerprint density at radius 2 is 1.65 bits per heavy atom. The first-order chi connectivity index (χ1) is 12.8. The van der Waals surface area contributed by atoms with Crippen LogP contribution < -0.4 is 4.90 Å². The summed E-state index contributed by atoms with van der Waals surface area (Å²) in [5.41, 5.74) is 2.50. The Bertz CT molecular complexity index is 764. The molecule has 0 saturated carbocycles. The van der Waals surface area contributed by atoms with E-state index in [9.17, 15) is 0 Å². The number of benzene rings is 1. The summed E-state index contributed by atoms with van der Waals surface area (Å²) in [4.78, 5) is 13.6. The summed E-state index contributed by atoms with van der Waals surface area (Å²) in [5, 5.41) is 9.06. The van der Waals surface area contributed by atoms with Crippen LogP contribution in [0.15, 0.2) is 42.7 Å². The largest absolute Gasteiger partial charge is 0.341 e. The zero-order chi connectivity index (χ0) is 17.8. The van der Waals surface area contributed by atoms with Gasteiger partial charge in [0.15, 0.2) is 0 Å². The highest BCUT2D eigenvalue weighted by Gasteiger charge is 2.37. The highest BCUT2D eigenvalue weighted by atomic mass is 15.3. The van der Waals surface area contributed by atoms with Crippen LogP contribution in [-0.4, -0.2) is 41.0 Å². The summed E-state index contributed by atoms with van der Waals surface area (Å²) in [6.45, 7) is 5.38. The number of piperidine rings is 2. The molecule has 0 radical (unpaired) electrons. The molecule has 3 heterocycles. The van der Waals surface area contributed by atoms with Crippen LogP contribution >= 0.6 is 0 Å². The summed E-state index contributed by atoms with van der Waals surface area (Å²) < 4.78 is 0. The predicted octanol–water partition coefficient (Wildman–Crippen LogP) is 3.23. The van der Waals surface area contributed by atoms with Gasteiger partial charge in [0.25, 0.3) is 0 Å². The Labute approximate surface area is 155 Å². The second-order valence-corrected chi connectivity index (χ2v) is 7.62. The molecule has 1 aromatic carbocycles. The van der Waals surface area contributed by atoms with Crippen molar-refractivity contribution in [2.75, 3.05) is 31.1 Å². The van der Waals surface area contributed by atoms with Gasteiger partial charge in [-0.25, -0.2) is 9.97 Å². The Hall–Kier alpha value is -2.45. The van der Waals surface area contributed by atoms with E-state index in [1.807, 2.05) is 36.7 Å². The van der Waals surface area contributed by atoms with Crippen molar-refractivity contribution in [2.24, 2.45) is 5.41 Å². The van der Waals surface area contributed by atoms with E-state index in [-0.39, 0.29) is 0 Å². The molecular formula is C21H25N5. The summed E-state index contributed by atoms with van der Waals surface area (Å²) in [5.74, 6) is 0.872. The van der Waals surface area contributed by atoms with Gasteiger partial charge in [0.05, 0.1) is 11.6 Å². The Kier molecular flexibility index (Phi) is 4.85. The van der Waals surface area contributed by atoms with E-state index in [2.05, 4.69) is 31.9 Å². The molecule has 2 fully saturated rings. The maximum atomic E-state index is 9.06. The van der Waals surface area contributed by atoms with Crippen LogP contribution in [0.1, 0.15) is 36.8 Å². The normalized spacial score (nSPS) is 20.0. The van der Waals surface area contributed by atoms with Crippen LogP contribution in [0.4, 0.5) is 5.95 Å². The highest BCUT2D eigenvalue weighted by Crippen LogP contribution is 2.41. The van der Waals surface area contributed by atoms with Gasteiger partial charge in [0.2, 0.25) is 5.95 Å². The van der Waals surface area contributed by atoms with Crippen molar-refractivity contribution < 1.29 is 0 Å². The van der Waals surface area contributed by atoms with Crippen molar-refractivity contribution in [3.05, 3.63) is 53.9 Å². The fourth-order valence-corrected chi connectivity index (χ4v) is 4.32. The van der Waals surface area contributed by atoms with Gasteiger partial charge in [0, 0.05) is 32.0 Å². The van der Waals surface area contributed by atoms with Gasteiger partial charge in [-0.1, -0.05) is 12.1 Å². The van der Waals surface area contributed by atoms with Gasteiger partial charge in [-0.2, -0.15) is 5.26 Å². The standard InChI is InChI=1S/C21H25N5/c22-16-18-3-1-4-19(15-18)17-25-11-5-21(6-12-25)7-13-26(14-8-21)20-23-9-2-10-24-20/h1-4,9-10,15H,5-8,11-14,17H2. The lowest BCUT2D eigenvalue weighted by molar-refractivity contribution is 0.0755. The fourth-order valence-electron chi connectivity index (χ4n) is 4.32. The minimum absolute atomic E-state index is 0.496. The molecule has 0 aliphatic carbocycles. The van der Waals surface area contributed by atoms with E-state index in [0.29, 0.717) is 5.41 Å². The molecule has 1 spiro atoms. The van der Waals surface area contributed by atoms with Crippen molar-refractivity contribution in [1.29, 1.82) is 5.26 Å². The SMILES string of the molecule is N#Cc1cccc(CN2CCC3(CC2)CCN(c2ncccn2)CC3)c1. The first-order valence-electron chi connectivity index (χ1n) is 9.50. The third kappa shape index (κ3) is 3.71. The van der Waals surface area contributed by atoms with Crippen LogP contribution in [0.2, 0.25) is 0 Å². The molecule has 5 heteroatoms. The van der Waals surface area contributed by atoms with E-state index in [0.717, 1.165) is 44.2 Å². The molecule has 134 valence electrons. The molecule has 0 atom stereocenters. The number of hydrogen-bond donors (Lipinski definition) is 0. The topological polar surface area (TPSA) is 56.1 Å². The second kappa shape index (κ2) is 7.43.